The second-order valence-electron chi connectivity index (χ2n) is 7.35. The lowest BCUT2D eigenvalue weighted by molar-refractivity contribution is -0.143. The van der Waals surface area contributed by atoms with Crippen molar-refractivity contribution in [2.24, 2.45) is 5.92 Å². The van der Waals surface area contributed by atoms with E-state index in [0.717, 1.165) is 11.1 Å². The molecule has 1 aliphatic heterocycles. The Kier molecular flexibility index (Phi) is 5.42. The molecule has 1 fully saturated rings. The van der Waals surface area contributed by atoms with Gasteiger partial charge in [0.15, 0.2) is 0 Å². The van der Waals surface area contributed by atoms with Gasteiger partial charge in [-0.3, -0.25) is 14.3 Å². The van der Waals surface area contributed by atoms with Crippen LogP contribution in [0.4, 0.5) is 0 Å². The largest absolute Gasteiger partial charge is 0.481 e. The minimum absolute atomic E-state index is 0.0907. The first-order chi connectivity index (χ1) is 14.1. The van der Waals surface area contributed by atoms with Crippen molar-refractivity contribution in [1.29, 1.82) is 0 Å². The summed E-state index contributed by atoms with van der Waals surface area (Å²) in [4.78, 5) is 26.2. The SMILES string of the molecule is O=C(O)C1CCN(C(=O)c2cn(Cc3ccccc3)nc2-c2ccccc2)CC1. The van der Waals surface area contributed by atoms with Crippen LogP contribution in [-0.4, -0.2) is 44.8 Å². The molecule has 1 N–H and O–H groups in total. The summed E-state index contributed by atoms with van der Waals surface area (Å²) in [7, 11) is 0. The fraction of sp³-hybridized carbons (Fsp3) is 0.261. The van der Waals surface area contributed by atoms with Crippen LogP contribution < -0.4 is 0 Å². The van der Waals surface area contributed by atoms with Crippen molar-refractivity contribution in [3.63, 3.8) is 0 Å². The highest BCUT2D eigenvalue weighted by Crippen LogP contribution is 2.26. The number of benzene rings is 2. The highest BCUT2D eigenvalue weighted by molar-refractivity contribution is 6.00. The van der Waals surface area contributed by atoms with Crippen LogP contribution in [0.5, 0.6) is 0 Å². The van der Waals surface area contributed by atoms with E-state index in [1.54, 1.807) is 15.8 Å². The maximum atomic E-state index is 13.3. The molecule has 148 valence electrons. The van der Waals surface area contributed by atoms with Crippen molar-refractivity contribution in [3.05, 3.63) is 78.0 Å². The van der Waals surface area contributed by atoms with E-state index in [2.05, 4.69) is 0 Å². The molecule has 1 saturated heterocycles. The summed E-state index contributed by atoms with van der Waals surface area (Å²) < 4.78 is 1.80. The van der Waals surface area contributed by atoms with Crippen molar-refractivity contribution in [3.8, 4) is 11.3 Å². The molecule has 0 atom stereocenters. The number of carboxylic acid groups (broad SMARTS) is 1. The molecule has 1 amide bonds. The van der Waals surface area contributed by atoms with Crippen LogP contribution in [0.3, 0.4) is 0 Å². The van der Waals surface area contributed by atoms with E-state index in [0.29, 0.717) is 43.7 Å². The minimum atomic E-state index is -0.780. The zero-order valence-electron chi connectivity index (χ0n) is 16.1. The monoisotopic (exact) mass is 389 g/mol. The summed E-state index contributed by atoms with van der Waals surface area (Å²) in [6.07, 6.45) is 2.78. The topological polar surface area (TPSA) is 75.4 Å². The lowest BCUT2D eigenvalue weighted by Gasteiger charge is -2.30. The zero-order chi connectivity index (χ0) is 20.2. The average molecular weight is 389 g/mol. The Bertz CT molecular complexity index is 991. The summed E-state index contributed by atoms with van der Waals surface area (Å²) in [6.45, 7) is 1.48. The Morgan fingerprint density at radius 2 is 1.59 bits per heavy atom. The third-order valence-electron chi connectivity index (χ3n) is 5.36. The zero-order valence-corrected chi connectivity index (χ0v) is 16.1. The molecule has 0 saturated carbocycles. The van der Waals surface area contributed by atoms with Gasteiger partial charge in [0.1, 0.15) is 5.69 Å². The van der Waals surface area contributed by atoms with E-state index < -0.39 is 5.97 Å². The van der Waals surface area contributed by atoms with Gasteiger partial charge in [0.25, 0.3) is 5.91 Å². The molecule has 0 aliphatic carbocycles. The molecule has 2 heterocycles. The Morgan fingerprint density at radius 3 is 2.21 bits per heavy atom. The quantitative estimate of drug-likeness (QED) is 0.724. The van der Waals surface area contributed by atoms with Gasteiger partial charge < -0.3 is 10.0 Å². The number of amides is 1. The van der Waals surface area contributed by atoms with Crippen molar-refractivity contribution < 1.29 is 14.7 Å². The molecule has 0 spiro atoms. The average Bonchev–Trinajstić information content (AvgIpc) is 3.18. The highest BCUT2D eigenvalue weighted by Gasteiger charge is 2.29. The Labute approximate surface area is 169 Å². The first kappa shape index (κ1) is 18.9. The number of rotatable bonds is 5. The van der Waals surface area contributed by atoms with Crippen molar-refractivity contribution in [2.45, 2.75) is 19.4 Å². The maximum Gasteiger partial charge on any atom is 0.306 e. The van der Waals surface area contributed by atoms with Gasteiger partial charge in [-0.15, -0.1) is 0 Å². The number of carbonyl (C=O) groups is 2. The number of hydrogen-bond donors (Lipinski definition) is 1. The van der Waals surface area contributed by atoms with Crippen LogP contribution in [0, 0.1) is 5.92 Å². The fourth-order valence-electron chi connectivity index (χ4n) is 3.74. The standard InChI is InChI=1S/C23H23N3O3/c27-22(25-13-11-19(12-14-25)23(28)29)20-16-26(15-17-7-3-1-4-8-17)24-21(20)18-9-5-2-6-10-18/h1-10,16,19H,11-15H2,(H,28,29). The van der Waals surface area contributed by atoms with Crippen molar-refractivity contribution in [1.82, 2.24) is 14.7 Å². The predicted octanol–water partition coefficient (Wildman–Crippen LogP) is 3.54. The van der Waals surface area contributed by atoms with E-state index in [1.807, 2.05) is 60.7 Å². The minimum Gasteiger partial charge on any atom is -0.481 e. The highest BCUT2D eigenvalue weighted by atomic mass is 16.4. The molecule has 1 aliphatic rings. The molecule has 2 aromatic carbocycles. The van der Waals surface area contributed by atoms with Gasteiger partial charge >= 0.3 is 5.97 Å². The molecule has 0 radical (unpaired) electrons. The fourth-order valence-corrected chi connectivity index (χ4v) is 3.74. The van der Waals surface area contributed by atoms with Crippen LogP contribution >= 0.6 is 0 Å². The van der Waals surface area contributed by atoms with Crippen molar-refractivity contribution >= 4 is 11.9 Å². The van der Waals surface area contributed by atoms with E-state index in [4.69, 9.17) is 5.10 Å². The molecule has 29 heavy (non-hydrogen) atoms. The summed E-state index contributed by atoms with van der Waals surface area (Å²) in [5.41, 5.74) is 3.21. The normalized spacial score (nSPS) is 14.7. The van der Waals surface area contributed by atoms with Gasteiger partial charge in [-0.05, 0) is 18.4 Å². The number of aromatic nitrogens is 2. The summed E-state index contributed by atoms with van der Waals surface area (Å²) >= 11 is 0. The van der Waals surface area contributed by atoms with Gasteiger partial charge in [0.05, 0.1) is 18.0 Å². The van der Waals surface area contributed by atoms with E-state index in [-0.39, 0.29) is 11.8 Å². The molecule has 1 aromatic heterocycles. The number of hydrogen-bond acceptors (Lipinski definition) is 3. The Balaban J connectivity index is 1.62. The Morgan fingerprint density at radius 1 is 0.966 bits per heavy atom. The first-order valence-electron chi connectivity index (χ1n) is 9.80. The predicted molar refractivity (Wildman–Crippen MR) is 109 cm³/mol. The van der Waals surface area contributed by atoms with Crippen LogP contribution in [0.25, 0.3) is 11.3 Å². The number of nitrogens with zero attached hydrogens (tertiary/aromatic N) is 3. The van der Waals surface area contributed by atoms with Gasteiger partial charge in [-0.2, -0.15) is 5.10 Å². The molecular weight excluding hydrogens is 366 g/mol. The summed E-state index contributed by atoms with van der Waals surface area (Å²) in [5, 5.41) is 13.9. The number of piperidine rings is 1. The maximum absolute atomic E-state index is 13.3. The van der Waals surface area contributed by atoms with Gasteiger partial charge in [-0.25, -0.2) is 0 Å². The molecule has 6 nitrogen and oxygen atoms in total. The second-order valence-corrected chi connectivity index (χ2v) is 7.35. The molecular formula is C23H23N3O3. The molecule has 0 bridgehead atoms. The van der Waals surface area contributed by atoms with Crippen molar-refractivity contribution in [2.75, 3.05) is 13.1 Å². The summed E-state index contributed by atoms with van der Waals surface area (Å²) in [5.74, 6) is -1.24. The van der Waals surface area contributed by atoms with E-state index in [9.17, 15) is 14.7 Å². The second kappa shape index (κ2) is 8.31. The third-order valence-corrected chi connectivity index (χ3v) is 5.36. The molecule has 6 heteroatoms. The van der Waals surface area contributed by atoms with Gasteiger partial charge in [-0.1, -0.05) is 60.7 Å². The summed E-state index contributed by atoms with van der Waals surface area (Å²) in [6, 6.07) is 19.7. The number of likely N-dealkylation sites (tertiary alicyclic amines) is 1. The Hall–Kier alpha value is -3.41. The number of carbonyl (C=O) groups excluding carboxylic acids is 1. The van der Waals surface area contributed by atoms with Crippen LogP contribution in [0.2, 0.25) is 0 Å². The smallest absolute Gasteiger partial charge is 0.306 e. The van der Waals surface area contributed by atoms with Gasteiger partial charge in [0, 0.05) is 24.8 Å². The molecule has 0 unspecified atom stereocenters. The van der Waals surface area contributed by atoms with E-state index >= 15 is 0 Å². The third kappa shape index (κ3) is 4.21. The molecule has 4 rings (SSSR count). The van der Waals surface area contributed by atoms with Gasteiger partial charge in [0.2, 0.25) is 0 Å². The lowest BCUT2D eigenvalue weighted by atomic mass is 9.96. The first-order valence-corrected chi connectivity index (χ1v) is 9.80. The van der Waals surface area contributed by atoms with Crippen LogP contribution in [0.15, 0.2) is 66.9 Å². The molecule has 3 aromatic rings. The number of carboxylic acids is 1. The van der Waals surface area contributed by atoms with Crippen LogP contribution in [0.1, 0.15) is 28.8 Å². The van der Waals surface area contributed by atoms with Crippen LogP contribution in [-0.2, 0) is 11.3 Å². The van der Waals surface area contributed by atoms with E-state index in [1.165, 1.54) is 0 Å². The lowest BCUT2D eigenvalue weighted by Crippen LogP contribution is -2.40. The number of aliphatic carboxylic acids is 1.